The Morgan fingerprint density at radius 3 is 2.46 bits per heavy atom. The predicted octanol–water partition coefficient (Wildman–Crippen LogP) is 5.40. The number of benzene rings is 2. The molecule has 0 atom stereocenters. The summed E-state index contributed by atoms with van der Waals surface area (Å²) in [7, 11) is 0. The average molecular weight is 356 g/mol. The highest BCUT2D eigenvalue weighted by Gasteiger charge is 2.14. The second-order valence-corrected chi connectivity index (χ2v) is 7.09. The highest BCUT2D eigenvalue weighted by Crippen LogP contribution is 2.25. The van der Waals surface area contributed by atoms with E-state index in [4.69, 9.17) is 9.47 Å². The highest BCUT2D eigenvalue weighted by molar-refractivity contribution is 5.88. The van der Waals surface area contributed by atoms with E-state index in [0.717, 1.165) is 11.1 Å². The molecule has 0 unspecified atom stereocenters. The maximum Gasteiger partial charge on any atom is 0.331 e. The maximum atomic E-state index is 13.5. The number of ether oxygens (including phenoxy) is 2. The second-order valence-electron chi connectivity index (χ2n) is 7.09. The molecule has 0 fully saturated rings. The summed E-state index contributed by atoms with van der Waals surface area (Å²) in [4.78, 5) is 11.8. The number of alkyl halides is 1. The van der Waals surface area contributed by atoms with Crippen molar-refractivity contribution in [3.05, 3.63) is 70.8 Å². The maximum absolute atomic E-state index is 13.5. The quantitative estimate of drug-likeness (QED) is 0.514. The van der Waals surface area contributed by atoms with Gasteiger partial charge >= 0.3 is 5.97 Å². The van der Waals surface area contributed by atoms with Crippen molar-refractivity contribution >= 4 is 12.0 Å². The third kappa shape index (κ3) is 6.03. The van der Waals surface area contributed by atoms with E-state index in [1.54, 1.807) is 32.9 Å². The molecule has 0 saturated carbocycles. The van der Waals surface area contributed by atoms with Gasteiger partial charge in [-0.3, -0.25) is 0 Å². The molecule has 138 valence electrons. The molecule has 0 bridgehead atoms. The molecule has 0 heterocycles. The first-order valence-corrected chi connectivity index (χ1v) is 8.56. The summed E-state index contributed by atoms with van der Waals surface area (Å²) in [5.41, 5.74) is 2.47. The molecule has 3 nitrogen and oxygen atoms in total. The second kappa shape index (κ2) is 8.65. The smallest absolute Gasteiger partial charge is 0.331 e. The van der Waals surface area contributed by atoms with Gasteiger partial charge < -0.3 is 9.47 Å². The van der Waals surface area contributed by atoms with Crippen LogP contribution in [0.5, 0.6) is 5.75 Å². The van der Waals surface area contributed by atoms with Crippen LogP contribution in [-0.2, 0) is 22.8 Å². The summed E-state index contributed by atoms with van der Waals surface area (Å²) in [5.74, 6) is 0.152. The van der Waals surface area contributed by atoms with Crippen molar-refractivity contribution in [3.63, 3.8) is 0 Å². The number of aryl methyl sites for hydroxylation is 1. The lowest BCUT2D eigenvalue weighted by atomic mass is 10.0. The van der Waals surface area contributed by atoms with Gasteiger partial charge in [-0.25, -0.2) is 9.18 Å². The van der Waals surface area contributed by atoms with Crippen molar-refractivity contribution in [3.8, 4) is 5.75 Å². The number of esters is 1. The minimum atomic E-state index is -0.641. The standard InChI is InChI=1S/C22H25FO3/c1-16-12-19(25-15-17-8-6-5-7-9-17)13-18(14-23)20(16)10-11-21(24)26-22(2,3)4/h5-13H,14-15H2,1-4H3/b11-10+. The number of carbonyl (C=O) groups excluding carboxylic acids is 1. The lowest BCUT2D eigenvalue weighted by Crippen LogP contribution is -2.22. The summed E-state index contributed by atoms with van der Waals surface area (Å²) >= 11 is 0. The zero-order valence-corrected chi connectivity index (χ0v) is 15.7. The molecule has 0 aliphatic carbocycles. The normalized spacial score (nSPS) is 11.6. The van der Waals surface area contributed by atoms with Crippen molar-refractivity contribution < 1.29 is 18.7 Å². The van der Waals surface area contributed by atoms with E-state index in [2.05, 4.69) is 0 Å². The largest absolute Gasteiger partial charge is 0.489 e. The Kier molecular flexibility index (Phi) is 6.56. The molecule has 0 N–H and O–H groups in total. The molecule has 2 rings (SSSR count). The predicted molar refractivity (Wildman–Crippen MR) is 102 cm³/mol. The fourth-order valence-corrected chi connectivity index (χ4v) is 2.50. The zero-order valence-electron chi connectivity index (χ0n) is 15.7. The van der Waals surface area contributed by atoms with Crippen molar-refractivity contribution in [2.45, 2.75) is 46.6 Å². The summed E-state index contributed by atoms with van der Waals surface area (Å²) < 4.78 is 24.5. The first-order chi connectivity index (χ1) is 12.3. The van der Waals surface area contributed by atoms with Crippen LogP contribution in [-0.4, -0.2) is 11.6 Å². The van der Waals surface area contributed by atoms with E-state index >= 15 is 0 Å². The molecule has 0 aliphatic rings. The van der Waals surface area contributed by atoms with Crippen molar-refractivity contribution in [2.24, 2.45) is 0 Å². The number of rotatable bonds is 6. The van der Waals surface area contributed by atoms with Gasteiger partial charge in [0.15, 0.2) is 0 Å². The zero-order chi connectivity index (χ0) is 19.2. The topological polar surface area (TPSA) is 35.5 Å². The summed E-state index contributed by atoms with van der Waals surface area (Å²) in [6.07, 6.45) is 2.93. The molecule has 26 heavy (non-hydrogen) atoms. The minimum Gasteiger partial charge on any atom is -0.489 e. The van der Waals surface area contributed by atoms with E-state index in [1.165, 1.54) is 6.08 Å². The highest BCUT2D eigenvalue weighted by atomic mass is 19.1. The molecule has 0 saturated heterocycles. The van der Waals surface area contributed by atoms with Crippen molar-refractivity contribution in [1.82, 2.24) is 0 Å². The average Bonchev–Trinajstić information content (AvgIpc) is 2.58. The first-order valence-electron chi connectivity index (χ1n) is 8.56. The van der Waals surface area contributed by atoms with Gasteiger partial charge in [0.05, 0.1) is 0 Å². The fraction of sp³-hybridized carbons (Fsp3) is 0.318. The van der Waals surface area contributed by atoms with Gasteiger partial charge in [0.25, 0.3) is 0 Å². The molecule has 0 amide bonds. The van der Waals surface area contributed by atoms with Gasteiger partial charge in [-0.2, -0.15) is 0 Å². The van der Waals surface area contributed by atoms with E-state index in [1.807, 2.05) is 43.3 Å². The first kappa shape index (κ1) is 19.7. The monoisotopic (exact) mass is 356 g/mol. The van der Waals surface area contributed by atoms with Gasteiger partial charge in [-0.1, -0.05) is 30.3 Å². The molecule has 4 heteroatoms. The van der Waals surface area contributed by atoms with Crippen LogP contribution in [0.3, 0.4) is 0 Å². The van der Waals surface area contributed by atoms with Crippen LogP contribution in [0.4, 0.5) is 4.39 Å². The van der Waals surface area contributed by atoms with Gasteiger partial charge in [0.1, 0.15) is 24.6 Å². The Labute approximate surface area is 154 Å². The Hall–Kier alpha value is -2.62. The van der Waals surface area contributed by atoms with E-state index < -0.39 is 18.2 Å². The van der Waals surface area contributed by atoms with Crippen LogP contribution in [0.25, 0.3) is 6.08 Å². The molecule has 0 radical (unpaired) electrons. The Morgan fingerprint density at radius 1 is 1.15 bits per heavy atom. The molecular formula is C22H25FO3. The van der Waals surface area contributed by atoms with Crippen LogP contribution in [0, 0.1) is 6.92 Å². The van der Waals surface area contributed by atoms with Gasteiger partial charge in [0.2, 0.25) is 0 Å². The number of halogens is 1. The lowest BCUT2D eigenvalue weighted by Gasteiger charge is -2.18. The molecule has 0 aromatic heterocycles. The SMILES string of the molecule is Cc1cc(OCc2ccccc2)cc(CF)c1/C=C/C(=O)OC(C)(C)C. The number of hydrogen-bond acceptors (Lipinski definition) is 3. The molecule has 2 aromatic rings. The number of carbonyl (C=O) groups is 1. The third-order valence-corrected chi connectivity index (χ3v) is 3.63. The van der Waals surface area contributed by atoms with Crippen LogP contribution >= 0.6 is 0 Å². The van der Waals surface area contributed by atoms with Gasteiger partial charge in [-0.05, 0) is 68.2 Å². The van der Waals surface area contributed by atoms with Gasteiger partial charge in [0, 0.05) is 6.08 Å². The van der Waals surface area contributed by atoms with E-state index in [0.29, 0.717) is 23.5 Å². The van der Waals surface area contributed by atoms with Crippen LogP contribution < -0.4 is 4.74 Å². The van der Waals surface area contributed by atoms with Crippen LogP contribution in [0.15, 0.2) is 48.5 Å². The Balaban J connectivity index is 2.14. The fourth-order valence-electron chi connectivity index (χ4n) is 2.50. The third-order valence-electron chi connectivity index (χ3n) is 3.63. The summed E-state index contributed by atoms with van der Waals surface area (Å²) in [6, 6.07) is 13.3. The lowest BCUT2D eigenvalue weighted by molar-refractivity contribution is -0.148. The molecule has 2 aromatic carbocycles. The van der Waals surface area contributed by atoms with E-state index in [9.17, 15) is 9.18 Å². The number of hydrogen-bond donors (Lipinski definition) is 0. The minimum absolute atomic E-state index is 0.416. The Morgan fingerprint density at radius 2 is 1.85 bits per heavy atom. The van der Waals surface area contributed by atoms with E-state index in [-0.39, 0.29) is 0 Å². The van der Waals surface area contributed by atoms with Crippen LogP contribution in [0.2, 0.25) is 0 Å². The van der Waals surface area contributed by atoms with Crippen molar-refractivity contribution in [2.75, 3.05) is 0 Å². The summed E-state index contributed by atoms with van der Waals surface area (Å²) in [6.45, 7) is 7.04. The summed E-state index contributed by atoms with van der Waals surface area (Å²) in [5, 5.41) is 0. The van der Waals surface area contributed by atoms with Gasteiger partial charge in [-0.15, -0.1) is 0 Å². The van der Waals surface area contributed by atoms with Crippen LogP contribution in [0.1, 0.15) is 43.0 Å². The molecule has 0 aliphatic heterocycles. The van der Waals surface area contributed by atoms with Crippen molar-refractivity contribution in [1.29, 1.82) is 0 Å². The Bertz CT molecular complexity index is 774. The molecule has 0 spiro atoms. The molecular weight excluding hydrogens is 331 g/mol.